The maximum Gasteiger partial charge on any atom is 0.338 e. The number of carbonyl (C=O) groups excluding carboxylic acids is 2. The van der Waals surface area contributed by atoms with Crippen molar-refractivity contribution in [3.05, 3.63) is 23.8 Å². The molecule has 3 rings (SSSR count). The number of benzene rings is 1. The third-order valence-corrected chi connectivity index (χ3v) is 4.42. The maximum atomic E-state index is 12.0. The second-order valence-electron chi connectivity index (χ2n) is 6.24. The number of hydrogen-bond acceptors (Lipinski definition) is 5. The number of nitrogens with one attached hydrogen (secondary N) is 1. The number of carbonyl (C=O) groups is 2. The molecule has 6 nitrogen and oxygen atoms in total. The van der Waals surface area contributed by atoms with E-state index in [9.17, 15) is 9.59 Å². The molecule has 6 heteroatoms. The highest BCUT2D eigenvalue weighted by molar-refractivity contribution is 5.92. The van der Waals surface area contributed by atoms with Gasteiger partial charge in [0.1, 0.15) is 13.2 Å². The summed E-state index contributed by atoms with van der Waals surface area (Å²) in [6.45, 7) is 1.35. The van der Waals surface area contributed by atoms with E-state index in [0.717, 1.165) is 12.8 Å². The fourth-order valence-corrected chi connectivity index (χ4v) is 3.09. The van der Waals surface area contributed by atoms with Gasteiger partial charge < -0.3 is 19.5 Å². The molecular weight excluding hydrogens is 310 g/mol. The number of rotatable bonds is 5. The summed E-state index contributed by atoms with van der Waals surface area (Å²) in [5, 5.41) is 2.85. The van der Waals surface area contributed by atoms with Crippen molar-refractivity contribution in [2.45, 2.75) is 32.1 Å². The Morgan fingerprint density at radius 1 is 1.08 bits per heavy atom. The fourth-order valence-electron chi connectivity index (χ4n) is 3.09. The van der Waals surface area contributed by atoms with E-state index < -0.39 is 5.97 Å². The van der Waals surface area contributed by atoms with Gasteiger partial charge in [0.05, 0.1) is 5.56 Å². The largest absolute Gasteiger partial charge is 0.486 e. The standard InChI is InChI=1S/C18H23NO5/c20-17(19-11-13-4-2-1-3-5-13)12-24-18(21)14-6-7-15-16(10-14)23-9-8-22-15/h6-7,10,13H,1-5,8-9,11-12H2,(H,19,20). The van der Waals surface area contributed by atoms with E-state index in [1.165, 1.54) is 19.3 Å². The zero-order valence-corrected chi connectivity index (χ0v) is 13.7. The smallest absolute Gasteiger partial charge is 0.338 e. The molecule has 1 aromatic carbocycles. The van der Waals surface area contributed by atoms with Crippen molar-refractivity contribution in [2.24, 2.45) is 5.92 Å². The second-order valence-corrected chi connectivity index (χ2v) is 6.24. The van der Waals surface area contributed by atoms with E-state index in [1.54, 1.807) is 18.2 Å². The Labute approximate surface area is 141 Å². The Bertz CT molecular complexity index is 595. The maximum absolute atomic E-state index is 12.0. The Balaban J connectivity index is 1.43. The molecule has 1 N–H and O–H groups in total. The van der Waals surface area contributed by atoms with Crippen LogP contribution in [0.3, 0.4) is 0 Å². The predicted octanol–water partition coefficient (Wildman–Crippen LogP) is 2.31. The predicted molar refractivity (Wildman–Crippen MR) is 87.3 cm³/mol. The van der Waals surface area contributed by atoms with Gasteiger partial charge in [-0.25, -0.2) is 4.79 Å². The first kappa shape index (κ1) is 16.6. The minimum atomic E-state index is -0.542. The van der Waals surface area contributed by atoms with E-state index in [1.807, 2.05) is 0 Å². The highest BCUT2D eigenvalue weighted by Crippen LogP contribution is 2.30. The molecule has 1 aliphatic carbocycles. The highest BCUT2D eigenvalue weighted by Gasteiger charge is 2.18. The Hall–Kier alpha value is -2.24. The highest BCUT2D eigenvalue weighted by atomic mass is 16.6. The van der Waals surface area contributed by atoms with E-state index in [0.29, 0.717) is 42.7 Å². The number of hydrogen-bond donors (Lipinski definition) is 1. The lowest BCUT2D eigenvalue weighted by atomic mass is 9.89. The van der Waals surface area contributed by atoms with E-state index in [-0.39, 0.29) is 12.5 Å². The lowest BCUT2D eigenvalue weighted by molar-refractivity contribution is -0.124. The molecule has 0 bridgehead atoms. The summed E-state index contributed by atoms with van der Waals surface area (Å²) < 4.78 is 15.9. The number of ether oxygens (including phenoxy) is 3. The van der Waals surface area contributed by atoms with Gasteiger partial charge in [-0.3, -0.25) is 4.79 Å². The molecule has 1 aromatic rings. The van der Waals surface area contributed by atoms with Crippen LogP contribution in [0.4, 0.5) is 0 Å². The summed E-state index contributed by atoms with van der Waals surface area (Å²) in [6, 6.07) is 4.86. The Morgan fingerprint density at radius 2 is 1.83 bits per heavy atom. The molecule has 2 aliphatic rings. The van der Waals surface area contributed by atoms with Crippen LogP contribution in [-0.4, -0.2) is 38.2 Å². The first-order valence-corrected chi connectivity index (χ1v) is 8.56. The first-order chi connectivity index (χ1) is 11.7. The van der Waals surface area contributed by atoms with Crippen molar-refractivity contribution in [1.29, 1.82) is 0 Å². The van der Waals surface area contributed by atoms with E-state index >= 15 is 0 Å². The van der Waals surface area contributed by atoms with Crippen molar-refractivity contribution in [1.82, 2.24) is 5.32 Å². The van der Waals surface area contributed by atoms with Crippen LogP contribution in [0.5, 0.6) is 11.5 Å². The average Bonchev–Trinajstić information content (AvgIpc) is 2.65. The lowest BCUT2D eigenvalue weighted by Crippen LogP contribution is -2.33. The van der Waals surface area contributed by atoms with Gasteiger partial charge in [0.2, 0.25) is 0 Å². The summed E-state index contributed by atoms with van der Waals surface area (Å²) in [5.74, 6) is 0.892. The molecule has 1 saturated carbocycles. The number of esters is 1. The van der Waals surface area contributed by atoms with Crippen LogP contribution in [0.1, 0.15) is 42.5 Å². The molecule has 0 atom stereocenters. The van der Waals surface area contributed by atoms with Crippen LogP contribution in [0, 0.1) is 5.92 Å². The summed E-state index contributed by atoms with van der Waals surface area (Å²) in [4.78, 5) is 23.9. The molecule has 1 aliphatic heterocycles. The quantitative estimate of drug-likeness (QED) is 0.837. The molecule has 0 radical (unpaired) electrons. The Kier molecular flexibility index (Phi) is 5.56. The molecule has 1 amide bonds. The van der Waals surface area contributed by atoms with Crippen molar-refractivity contribution < 1.29 is 23.8 Å². The lowest BCUT2D eigenvalue weighted by Gasteiger charge is -2.21. The van der Waals surface area contributed by atoms with Crippen LogP contribution in [0.25, 0.3) is 0 Å². The van der Waals surface area contributed by atoms with Crippen molar-refractivity contribution in [3.8, 4) is 11.5 Å². The molecule has 0 spiro atoms. The first-order valence-electron chi connectivity index (χ1n) is 8.56. The molecule has 1 heterocycles. The van der Waals surface area contributed by atoms with Gasteiger partial charge in [-0.15, -0.1) is 0 Å². The van der Waals surface area contributed by atoms with Gasteiger partial charge in [-0.05, 0) is 37.0 Å². The summed E-state index contributed by atoms with van der Waals surface area (Å²) in [5.41, 5.74) is 0.347. The molecule has 0 unspecified atom stereocenters. The van der Waals surface area contributed by atoms with Crippen molar-refractivity contribution >= 4 is 11.9 Å². The molecular formula is C18H23NO5. The van der Waals surface area contributed by atoms with Gasteiger partial charge in [0, 0.05) is 6.54 Å². The molecule has 0 aromatic heterocycles. The van der Waals surface area contributed by atoms with Crippen LogP contribution < -0.4 is 14.8 Å². The summed E-state index contributed by atoms with van der Waals surface area (Å²) >= 11 is 0. The third-order valence-electron chi connectivity index (χ3n) is 4.42. The molecule has 24 heavy (non-hydrogen) atoms. The van der Waals surface area contributed by atoms with E-state index in [2.05, 4.69) is 5.32 Å². The van der Waals surface area contributed by atoms with Crippen LogP contribution in [-0.2, 0) is 9.53 Å². The number of fused-ring (bicyclic) bond motifs is 1. The minimum absolute atomic E-state index is 0.258. The summed E-state index contributed by atoms with van der Waals surface area (Å²) in [7, 11) is 0. The minimum Gasteiger partial charge on any atom is -0.486 e. The van der Waals surface area contributed by atoms with Crippen LogP contribution >= 0.6 is 0 Å². The third kappa shape index (κ3) is 4.40. The Morgan fingerprint density at radius 3 is 2.62 bits per heavy atom. The van der Waals surface area contributed by atoms with Gasteiger partial charge >= 0.3 is 5.97 Å². The average molecular weight is 333 g/mol. The molecule has 1 fully saturated rings. The topological polar surface area (TPSA) is 73.9 Å². The van der Waals surface area contributed by atoms with Gasteiger partial charge in [-0.1, -0.05) is 19.3 Å². The van der Waals surface area contributed by atoms with Gasteiger partial charge in [-0.2, -0.15) is 0 Å². The van der Waals surface area contributed by atoms with Crippen molar-refractivity contribution in [2.75, 3.05) is 26.4 Å². The zero-order chi connectivity index (χ0) is 16.8. The molecule has 130 valence electrons. The number of amides is 1. The van der Waals surface area contributed by atoms with Crippen LogP contribution in [0.15, 0.2) is 18.2 Å². The SMILES string of the molecule is O=C(COC(=O)c1ccc2c(c1)OCCO2)NCC1CCCCC1. The zero-order valence-electron chi connectivity index (χ0n) is 13.7. The summed E-state index contributed by atoms with van der Waals surface area (Å²) in [6.07, 6.45) is 6.09. The van der Waals surface area contributed by atoms with E-state index in [4.69, 9.17) is 14.2 Å². The van der Waals surface area contributed by atoms with Gasteiger partial charge in [0.15, 0.2) is 18.1 Å². The fraction of sp³-hybridized carbons (Fsp3) is 0.556. The van der Waals surface area contributed by atoms with Gasteiger partial charge in [0.25, 0.3) is 5.91 Å². The van der Waals surface area contributed by atoms with Crippen LogP contribution in [0.2, 0.25) is 0 Å². The normalized spacial score (nSPS) is 17.2. The molecule has 0 saturated heterocycles. The second kappa shape index (κ2) is 8.04. The van der Waals surface area contributed by atoms with Crippen molar-refractivity contribution in [3.63, 3.8) is 0 Å². The monoisotopic (exact) mass is 333 g/mol.